The molecule has 0 aliphatic rings. The molecule has 1 heterocycles. The van der Waals surface area contributed by atoms with E-state index in [9.17, 15) is 0 Å². The van der Waals surface area contributed by atoms with E-state index >= 15 is 0 Å². The lowest BCUT2D eigenvalue weighted by molar-refractivity contribution is 1.10. The Bertz CT molecular complexity index is 778. The van der Waals surface area contributed by atoms with Crippen molar-refractivity contribution < 1.29 is 0 Å². The van der Waals surface area contributed by atoms with Gasteiger partial charge in [-0.2, -0.15) is 0 Å². The molecule has 0 fully saturated rings. The number of fused-ring (bicyclic) bond motifs is 1. The molecule has 0 saturated carbocycles. The van der Waals surface area contributed by atoms with Gasteiger partial charge in [-0.15, -0.1) is 0 Å². The number of benzene rings is 2. The average molecular weight is 292 g/mol. The van der Waals surface area contributed by atoms with Crippen molar-refractivity contribution in [1.29, 1.82) is 0 Å². The minimum absolute atomic E-state index is 0.416. The van der Waals surface area contributed by atoms with Crippen molar-refractivity contribution in [2.24, 2.45) is 0 Å². The number of rotatable bonds is 1. The van der Waals surface area contributed by atoms with Crippen LogP contribution in [0, 0.1) is 6.92 Å². The van der Waals surface area contributed by atoms with E-state index < -0.39 is 0 Å². The van der Waals surface area contributed by atoms with Gasteiger partial charge in [-0.25, -0.2) is 4.98 Å². The first-order valence-electron chi connectivity index (χ1n) is 5.76. The molecule has 0 saturated heterocycles. The summed E-state index contributed by atoms with van der Waals surface area (Å²) in [5.41, 5.74) is 9.68. The second-order valence-corrected chi connectivity index (χ2v) is 5.21. The highest BCUT2D eigenvalue weighted by Gasteiger charge is 2.12. The third kappa shape index (κ3) is 2.05. The summed E-state index contributed by atoms with van der Waals surface area (Å²) in [4.78, 5) is 4.32. The van der Waals surface area contributed by atoms with Gasteiger partial charge in [0.25, 0.3) is 0 Å². The Labute approximate surface area is 120 Å². The average Bonchev–Trinajstić information content (AvgIpc) is 2.65. The van der Waals surface area contributed by atoms with Gasteiger partial charge < -0.3 is 5.73 Å². The Morgan fingerprint density at radius 2 is 1.84 bits per heavy atom. The zero-order valence-corrected chi connectivity index (χ0v) is 11.7. The van der Waals surface area contributed by atoms with E-state index in [2.05, 4.69) is 4.98 Å². The van der Waals surface area contributed by atoms with Gasteiger partial charge in [0.1, 0.15) is 0 Å². The molecule has 0 aliphatic carbocycles. The predicted molar refractivity (Wildman–Crippen MR) is 80.2 cm³/mol. The van der Waals surface area contributed by atoms with Gasteiger partial charge in [-0.05, 0) is 36.8 Å². The lowest BCUT2D eigenvalue weighted by Crippen LogP contribution is -2.00. The van der Waals surface area contributed by atoms with Crippen LogP contribution in [0.1, 0.15) is 5.56 Å². The highest BCUT2D eigenvalue weighted by molar-refractivity contribution is 6.42. The second-order valence-electron chi connectivity index (χ2n) is 4.40. The van der Waals surface area contributed by atoms with E-state index in [-0.39, 0.29) is 0 Å². The quantitative estimate of drug-likeness (QED) is 0.729. The zero-order chi connectivity index (χ0) is 13.6. The van der Waals surface area contributed by atoms with Crippen LogP contribution < -0.4 is 5.73 Å². The molecule has 0 unspecified atom stereocenters. The lowest BCUT2D eigenvalue weighted by atomic mass is 10.2. The summed E-state index contributed by atoms with van der Waals surface area (Å²) in [6, 6.07) is 11.5. The Morgan fingerprint density at radius 1 is 1.11 bits per heavy atom. The third-order valence-corrected chi connectivity index (χ3v) is 3.70. The predicted octanol–water partition coefficient (Wildman–Crippen LogP) is 4.22. The van der Waals surface area contributed by atoms with E-state index in [1.54, 1.807) is 12.1 Å². The maximum Gasteiger partial charge on any atom is 0.205 e. The van der Waals surface area contributed by atoms with Crippen molar-refractivity contribution in [1.82, 2.24) is 9.55 Å². The maximum absolute atomic E-state index is 6.07. The van der Waals surface area contributed by atoms with Crippen LogP contribution >= 0.6 is 23.2 Å². The molecule has 0 aliphatic heterocycles. The highest BCUT2D eigenvalue weighted by Crippen LogP contribution is 2.30. The normalized spacial score (nSPS) is 11.1. The SMILES string of the molecule is Cc1cccc(-n2c(N)nc3cc(Cl)c(Cl)cc32)c1. The summed E-state index contributed by atoms with van der Waals surface area (Å²) in [7, 11) is 0. The third-order valence-electron chi connectivity index (χ3n) is 2.98. The van der Waals surface area contributed by atoms with Gasteiger partial charge in [0.2, 0.25) is 5.95 Å². The molecule has 19 heavy (non-hydrogen) atoms. The summed E-state index contributed by atoms with van der Waals surface area (Å²) >= 11 is 12.1. The minimum Gasteiger partial charge on any atom is -0.369 e. The number of hydrogen-bond acceptors (Lipinski definition) is 2. The lowest BCUT2D eigenvalue weighted by Gasteiger charge is -2.07. The van der Waals surface area contributed by atoms with Gasteiger partial charge in [0, 0.05) is 5.69 Å². The van der Waals surface area contributed by atoms with Crippen molar-refractivity contribution in [2.75, 3.05) is 5.73 Å². The molecular weight excluding hydrogens is 281 g/mol. The summed E-state index contributed by atoms with van der Waals surface area (Å²) in [5, 5.41) is 0.964. The molecular formula is C14H11Cl2N3. The number of hydrogen-bond donors (Lipinski definition) is 1. The highest BCUT2D eigenvalue weighted by atomic mass is 35.5. The maximum atomic E-state index is 6.07. The molecule has 2 N–H and O–H groups in total. The summed E-state index contributed by atoms with van der Waals surface area (Å²) in [6.07, 6.45) is 0. The minimum atomic E-state index is 0.416. The van der Waals surface area contributed by atoms with Crippen LogP contribution in [0.3, 0.4) is 0 Å². The van der Waals surface area contributed by atoms with Gasteiger partial charge in [-0.3, -0.25) is 4.57 Å². The molecule has 0 atom stereocenters. The summed E-state index contributed by atoms with van der Waals surface area (Å²) in [6.45, 7) is 2.03. The molecule has 0 amide bonds. The molecule has 3 rings (SSSR count). The number of nitrogens with two attached hydrogens (primary N) is 1. The topological polar surface area (TPSA) is 43.8 Å². The molecule has 0 radical (unpaired) electrons. The number of imidazole rings is 1. The molecule has 0 spiro atoms. The van der Waals surface area contributed by atoms with Crippen LogP contribution in [-0.4, -0.2) is 9.55 Å². The van der Waals surface area contributed by atoms with Crippen molar-refractivity contribution in [2.45, 2.75) is 6.92 Å². The second kappa shape index (κ2) is 4.44. The van der Waals surface area contributed by atoms with E-state index in [1.807, 2.05) is 35.8 Å². The Balaban J connectivity index is 2.34. The van der Waals surface area contributed by atoms with Gasteiger partial charge >= 0.3 is 0 Å². The van der Waals surface area contributed by atoms with Crippen LogP contribution in [0.15, 0.2) is 36.4 Å². The first-order valence-corrected chi connectivity index (χ1v) is 6.52. The van der Waals surface area contributed by atoms with Gasteiger partial charge in [0.15, 0.2) is 0 Å². The van der Waals surface area contributed by atoms with Gasteiger partial charge in [0.05, 0.1) is 21.1 Å². The van der Waals surface area contributed by atoms with E-state index in [4.69, 9.17) is 28.9 Å². The van der Waals surface area contributed by atoms with Crippen LogP contribution in [0.5, 0.6) is 0 Å². The van der Waals surface area contributed by atoms with Crippen LogP contribution in [0.2, 0.25) is 10.0 Å². The fraction of sp³-hybridized carbons (Fsp3) is 0.0714. The molecule has 96 valence electrons. The Hall–Kier alpha value is -1.71. The number of nitrogens with zero attached hydrogens (tertiary/aromatic N) is 2. The summed E-state index contributed by atoms with van der Waals surface area (Å²) in [5.74, 6) is 0.416. The Morgan fingerprint density at radius 3 is 2.58 bits per heavy atom. The molecule has 2 aromatic carbocycles. The largest absolute Gasteiger partial charge is 0.369 e. The molecule has 1 aromatic heterocycles. The van der Waals surface area contributed by atoms with Crippen molar-refractivity contribution in [3.8, 4) is 5.69 Å². The standard InChI is InChI=1S/C14H11Cl2N3/c1-8-3-2-4-9(5-8)19-13-7-11(16)10(15)6-12(13)18-14(19)17/h2-7H,1H3,(H2,17,18). The van der Waals surface area contributed by atoms with Crippen molar-refractivity contribution in [3.63, 3.8) is 0 Å². The summed E-state index contributed by atoms with van der Waals surface area (Å²) < 4.78 is 1.87. The van der Waals surface area contributed by atoms with Crippen LogP contribution in [-0.2, 0) is 0 Å². The molecule has 3 aromatic rings. The number of nitrogen functional groups attached to an aromatic ring is 1. The first-order chi connectivity index (χ1) is 9.06. The number of aromatic nitrogens is 2. The van der Waals surface area contributed by atoms with Crippen molar-refractivity contribution >= 4 is 40.2 Å². The molecule has 0 bridgehead atoms. The number of anilines is 1. The monoisotopic (exact) mass is 291 g/mol. The number of halogens is 2. The van der Waals surface area contributed by atoms with Crippen LogP contribution in [0.25, 0.3) is 16.7 Å². The Kier molecular flexibility index (Phi) is 2.88. The van der Waals surface area contributed by atoms with Crippen molar-refractivity contribution in [3.05, 3.63) is 52.0 Å². The zero-order valence-electron chi connectivity index (χ0n) is 10.2. The first kappa shape index (κ1) is 12.3. The van der Waals surface area contributed by atoms with E-state index in [0.29, 0.717) is 16.0 Å². The fourth-order valence-corrected chi connectivity index (χ4v) is 2.45. The van der Waals surface area contributed by atoms with Gasteiger partial charge in [-0.1, -0.05) is 35.3 Å². The van der Waals surface area contributed by atoms with E-state index in [1.165, 1.54) is 0 Å². The molecule has 3 nitrogen and oxygen atoms in total. The van der Waals surface area contributed by atoms with E-state index in [0.717, 1.165) is 22.3 Å². The smallest absolute Gasteiger partial charge is 0.205 e. The number of aryl methyl sites for hydroxylation is 1. The molecule has 5 heteroatoms. The van der Waals surface area contributed by atoms with Crippen LogP contribution in [0.4, 0.5) is 5.95 Å². The fourth-order valence-electron chi connectivity index (χ4n) is 2.13.